The van der Waals surface area contributed by atoms with Crippen LogP contribution < -0.4 is 4.72 Å². The summed E-state index contributed by atoms with van der Waals surface area (Å²) in [6, 6.07) is 0. The minimum absolute atomic E-state index is 0.00170. The highest BCUT2D eigenvalue weighted by atomic mass is 32.2. The largest absolute Gasteiger partial charge is 0.335 e. The Kier molecular flexibility index (Phi) is 5.55. The van der Waals surface area contributed by atoms with Crippen molar-refractivity contribution in [3.8, 4) is 0 Å². The maximum atomic E-state index is 11.5. The van der Waals surface area contributed by atoms with Crippen LogP contribution in [-0.4, -0.2) is 30.3 Å². The zero-order valence-corrected chi connectivity index (χ0v) is 11.8. The van der Waals surface area contributed by atoms with E-state index in [-0.39, 0.29) is 5.75 Å². The number of aryl methyl sites for hydroxylation is 2. The fourth-order valence-electron chi connectivity index (χ4n) is 1.71. The Morgan fingerprint density at radius 3 is 2.89 bits per heavy atom. The van der Waals surface area contributed by atoms with Gasteiger partial charge < -0.3 is 4.57 Å². The van der Waals surface area contributed by atoms with Crippen LogP contribution in [0.25, 0.3) is 0 Å². The van der Waals surface area contributed by atoms with Crippen molar-refractivity contribution in [2.45, 2.75) is 33.2 Å². The first-order chi connectivity index (χ1) is 8.44. The second-order valence-corrected chi connectivity index (χ2v) is 6.16. The van der Waals surface area contributed by atoms with Crippen molar-refractivity contribution in [3.63, 3.8) is 0 Å². The molecular formula is C12H21N3O2S. The van der Waals surface area contributed by atoms with Crippen molar-refractivity contribution in [2.75, 3.05) is 12.3 Å². The van der Waals surface area contributed by atoms with Gasteiger partial charge in [0.1, 0.15) is 5.82 Å². The molecule has 1 aromatic rings. The molecule has 0 saturated heterocycles. The van der Waals surface area contributed by atoms with Crippen LogP contribution in [-0.2, 0) is 23.0 Å². The quantitative estimate of drug-likeness (QED) is 0.573. The lowest BCUT2D eigenvalue weighted by Crippen LogP contribution is -2.28. The molecule has 18 heavy (non-hydrogen) atoms. The van der Waals surface area contributed by atoms with Crippen molar-refractivity contribution in [1.82, 2.24) is 14.3 Å². The lowest BCUT2D eigenvalue weighted by molar-refractivity contribution is 0.567. The Balaban J connectivity index is 2.33. The molecule has 102 valence electrons. The molecular weight excluding hydrogens is 250 g/mol. The summed E-state index contributed by atoms with van der Waals surface area (Å²) in [4.78, 5) is 4.21. The van der Waals surface area contributed by atoms with E-state index in [4.69, 9.17) is 0 Å². The maximum Gasteiger partial charge on any atom is 0.215 e. The number of nitrogens with one attached hydrogen (secondary N) is 1. The van der Waals surface area contributed by atoms with Crippen LogP contribution in [0.5, 0.6) is 0 Å². The van der Waals surface area contributed by atoms with Gasteiger partial charge in [-0.25, -0.2) is 18.1 Å². The number of hydrogen-bond acceptors (Lipinski definition) is 3. The van der Waals surface area contributed by atoms with E-state index in [1.807, 2.05) is 10.8 Å². The van der Waals surface area contributed by atoms with Gasteiger partial charge in [0, 0.05) is 31.9 Å². The standard InChI is InChI=1S/C12H21N3O2S/c1-4-12-13-7-9-15(12)8-5-6-14-18(16,17)10-11(2)3/h7,9,14H,2,4-6,8,10H2,1,3H3. The van der Waals surface area contributed by atoms with Crippen molar-refractivity contribution in [1.29, 1.82) is 0 Å². The molecule has 0 bridgehead atoms. The second kappa shape index (κ2) is 6.70. The highest BCUT2D eigenvalue weighted by molar-refractivity contribution is 7.89. The van der Waals surface area contributed by atoms with Crippen LogP contribution in [0.3, 0.4) is 0 Å². The predicted octanol–water partition coefficient (Wildman–Crippen LogP) is 1.33. The first-order valence-electron chi connectivity index (χ1n) is 6.06. The first-order valence-corrected chi connectivity index (χ1v) is 7.71. The third kappa shape index (κ3) is 5.01. The Hall–Kier alpha value is -1.14. The molecule has 0 aromatic carbocycles. The first kappa shape index (κ1) is 14.9. The zero-order valence-electron chi connectivity index (χ0n) is 11.0. The monoisotopic (exact) mass is 271 g/mol. The summed E-state index contributed by atoms with van der Waals surface area (Å²) in [5.74, 6) is 1.03. The number of rotatable bonds is 8. The molecule has 0 unspecified atom stereocenters. The summed E-state index contributed by atoms with van der Waals surface area (Å²) in [6.07, 6.45) is 5.32. The van der Waals surface area contributed by atoms with Gasteiger partial charge in [-0.3, -0.25) is 0 Å². The minimum atomic E-state index is -3.21. The Bertz CT molecular complexity index is 491. The molecule has 0 atom stereocenters. The van der Waals surface area contributed by atoms with Crippen molar-refractivity contribution < 1.29 is 8.42 Å². The predicted molar refractivity (Wildman–Crippen MR) is 72.8 cm³/mol. The molecule has 1 rings (SSSR count). The molecule has 0 aliphatic rings. The zero-order chi connectivity index (χ0) is 13.6. The topological polar surface area (TPSA) is 64.0 Å². The van der Waals surface area contributed by atoms with E-state index in [9.17, 15) is 8.42 Å². The maximum absolute atomic E-state index is 11.5. The van der Waals surface area contributed by atoms with Gasteiger partial charge in [-0.2, -0.15) is 0 Å². The van der Waals surface area contributed by atoms with Crippen molar-refractivity contribution in [3.05, 3.63) is 30.4 Å². The molecule has 6 heteroatoms. The van der Waals surface area contributed by atoms with E-state index < -0.39 is 10.0 Å². The Labute approximate surface area is 109 Å². The molecule has 5 nitrogen and oxygen atoms in total. The average molecular weight is 271 g/mol. The van der Waals surface area contributed by atoms with Crippen LogP contribution in [0.15, 0.2) is 24.5 Å². The highest BCUT2D eigenvalue weighted by Crippen LogP contribution is 2.00. The van der Waals surface area contributed by atoms with Gasteiger partial charge in [-0.05, 0) is 13.3 Å². The van der Waals surface area contributed by atoms with E-state index in [2.05, 4.69) is 23.2 Å². The molecule has 0 radical (unpaired) electrons. The Morgan fingerprint density at radius 2 is 2.28 bits per heavy atom. The minimum Gasteiger partial charge on any atom is -0.335 e. The summed E-state index contributed by atoms with van der Waals surface area (Å²) >= 11 is 0. The van der Waals surface area contributed by atoms with Gasteiger partial charge in [-0.1, -0.05) is 19.1 Å². The normalized spacial score (nSPS) is 11.7. The van der Waals surface area contributed by atoms with Gasteiger partial charge in [-0.15, -0.1) is 0 Å². The molecule has 0 amide bonds. The lowest BCUT2D eigenvalue weighted by atomic mass is 10.4. The van der Waals surface area contributed by atoms with E-state index in [1.54, 1.807) is 13.1 Å². The summed E-state index contributed by atoms with van der Waals surface area (Å²) in [7, 11) is -3.21. The van der Waals surface area contributed by atoms with Crippen LogP contribution in [0.1, 0.15) is 26.1 Å². The van der Waals surface area contributed by atoms with Crippen LogP contribution in [0.2, 0.25) is 0 Å². The van der Waals surface area contributed by atoms with Gasteiger partial charge in [0.15, 0.2) is 0 Å². The molecule has 0 fully saturated rings. The molecule has 0 aliphatic heterocycles. The van der Waals surface area contributed by atoms with Gasteiger partial charge in [0.05, 0.1) is 5.75 Å². The summed E-state index contributed by atoms with van der Waals surface area (Å²) in [6.45, 7) is 8.57. The van der Waals surface area contributed by atoms with Crippen LogP contribution in [0, 0.1) is 0 Å². The molecule has 1 N–H and O–H groups in total. The number of imidazole rings is 1. The van der Waals surface area contributed by atoms with E-state index in [0.717, 1.165) is 25.2 Å². The number of nitrogens with zero attached hydrogens (tertiary/aromatic N) is 2. The molecule has 0 saturated carbocycles. The number of sulfonamides is 1. The average Bonchev–Trinajstić information content (AvgIpc) is 2.70. The lowest BCUT2D eigenvalue weighted by Gasteiger charge is -2.08. The van der Waals surface area contributed by atoms with Gasteiger partial charge in [0.25, 0.3) is 0 Å². The van der Waals surface area contributed by atoms with Gasteiger partial charge >= 0.3 is 0 Å². The molecule has 0 aliphatic carbocycles. The third-order valence-corrected chi connectivity index (χ3v) is 3.97. The fourth-order valence-corrected chi connectivity index (χ4v) is 2.92. The van der Waals surface area contributed by atoms with E-state index in [1.165, 1.54) is 0 Å². The third-order valence-electron chi connectivity index (χ3n) is 2.45. The van der Waals surface area contributed by atoms with Crippen LogP contribution >= 0.6 is 0 Å². The number of hydrogen-bond donors (Lipinski definition) is 1. The summed E-state index contributed by atoms with van der Waals surface area (Å²) in [5.41, 5.74) is 0.644. The molecule has 1 heterocycles. The number of aromatic nitrogens is 2. The van der Waals surface area contributed by atoms with Crippen molar-refractivity contribution in [2.24, 2.45) is 0 Å². The molecule has 0 spiro atoms. The highest BCUT2D eigenvalue weighted by Gasteiger charge is 2.09. The smallest absolute Gasteiger partial charge is 0.215 e. The van der Waals surface area contributed by atoms with Crippen LogP contribution in [0.4, 0.5) is 0 Å². The SMILES string of the molecule is C=C(C)CS(=O)(=O)NCCCn1ccnc1CC. The van der Waals surface area contributed by atoms with Gasteiger partial charge in [0.2, 0.25) is 10.0 Å². The second-order valence-electron chi connectivity index (χ2n) is 4.35. The molecule has 1 aromatic heterocycles. The van der Waals surface area contributed by atoms with E-state index >= 15 is 0 Å². The summed E-state index contributed by atoms with van der Waals surface area (Å²) < 4.78 is 27.7. The Morgan fingerprint density at radius 1 is 1.56 bits per heavy atom. The van der Waals surface area contributed by atoms with Crippen molar-refractivity contribution >= 4 is 10.0 Å². The van der Waals surface area contributed by atoms with E-state index in [0.29, 0.717) is 12.1 Å². The summed E-state index contributed by atoms with van der Waals surface area (Å²) in [5, 5.41) is 0. The fraction of sp³-hybridized carbons (Fsp3) is 0.583.